The maximum absolute atomic E-state index is 12.4. The first-order valence-corrected chi connectivity index (χ1v) is 9.11. The van der Waals surface area contributed by atoms with Gasteiger partial charge in [-0.3, -0.25) is 4.72 Å². The molecule has 2 rings (SSSR count). The van der Waals surface area contributed by atoms with Crippen molar-refractivity contribution in [2.24, 2.45) is 0 Å². The molecule has 0 amide bonds. The molecule has 0 fully saturated rings. The zero-order valence-corrected chi connectivity index (χ0v) is 14.7. The average Bonchev–Trinajstić information content (AvgIpc) is 2.47. The molecule has 0 bridgehead atoms. The second kappa shape index (κ2) is 7.63. The first kappa shape index (κ1) is 17.5. The SMILES string of the molecule is CCNC(=S)Nc1cccc(S(=O)(=O)Nc2cccc(Cl)c2)c1. The summed E-state index contributed by atoms with van der Waals surface area (Å²) in [5.74, 6) is 0. The molecular weight excluding hydrogens is 354 g/mol. The molecule has 0 aliphatic heterocycles. The zero-order valence-electron chi connectivity index (χ0n) is 12.3. The van der Waals surface area contributed by atoms with Crippen molar-refractivity contribution < 1.29 is 8.42 Å². The fraction of sp³-hybridized carbons (Fsp3) is 0.133. The van der Waals surface area contributed by atoms with E-state index in [2.05, 4.69) is 15.4 Å². The van der Waals surface area contributed by atoms with Crippen LogP contribution in [0.15, 0.2) is 53.4 Å². The minimum Gasteiger partial charge on any atom is -0.363 e. The van der Waals surface area contributed by atoms with Crippen LogP contribution in [-0.2, 0) is 10.0 Å². The largest absolute Gasteiger partial charge is 0.363 e. The number of nitrogens with one attached hydrogen (secondary N) is 3. The van der Waals surface area contributed by atoms with Crippen molar-refractivity contribution in [2.75, 3.05) is 16.6 Å². The summed E-state index contributed by atoms with van der Waals surface area (Å²) in [6, 6.07) is 12.9. The highest BCUT2D eigenvalue weighted by atomic mass is 35.5. The lowest BCUT2D eigenvalue weighted by Gasteiger charge is -2.12. The predicted octanol–water partition coefficient (Wildman–Crippen LogP) is 3.45. The molecular formula is C15H16ClN3O2S2. The lowest BCUT2D eigenvalue weighted by atomic mass is 10.3. The van der Waals surface area contributed by atoms with Gasteiger partial charge in [0.05, 0.1) is 10.6 Å². The molecule has 0 saturated heterocycles. The van der Waals surface area contributed by atoms with Gasteiger partial charge in [0.15, 0.2) is 5.11 Å². The normalized spacial score (nSPS) is 10.9. The second-order valence-corrected chi connectivity index (χ2v) is 7.16. The molecule has 5 nitrogen and oxygen atoms in total. The van der Waals surface area contributed by atoms with Gasteiger partial charge in [0.2, 0.25) is 0 Å². The van der Waals surface area contributed by atoms with Crippen LogP contribution in [0.4, 0.5) is 11.4 Å². The first-order chi connectivity index (χ1) is 10.9. The highest BCUT2D eigenvalue weighted by Crippen LogP contribution is 2.21. The van der Waals surface area contributed by atoms with E-state index in [1.54, 1.807) is 36.4 Å². The Hall–Kier alpha value is -1.83. The zero-order chi connectivity index (χ0) is 16.9. The highest BCUT2D eigenvalue weighted by molar-refractivity contribution is 7.92. The van der Waals surface area contributed by atoms with Crippen LogP contribution in [0.5, 0.6) is 0 Å². The van der Waals surface area contributed by atoms with Gasteiger partial charge in [0, 0.05) is 17.3 Å². The number of rotatable bonds is 5. The third-order valence-corrected chi connectivity index (χ3v) is 4.68. The quantitative estimate of drug-likeness (QED) is 0.704. The summed E-state index contributed by atoms with van der Waals surface area (Å²) < 4.78 is 27.4. The van der Waals surface area contributed by atoms with E-state index >= 15 is 0 Å². The Labute approximate surface area is 146 Å². The molecule has 0 aromatic heterocycles. The van der Waals surface area contributed by atoms with Gasteiger partial charge < -0.3 is 10.6 Å². The highest BCUT2D eigenvalue weighted by Gasteiger charge is 2.15. The third-order valence-electron chi connectivity index (χ3n) is 2.82. The Kier molecular flexibility index (Phi) is 5.81. The van der Waals surface area contributed by atoms with Gasteiger partial charge >= 0.3 is 0 Å². The monoisotopic (exact) mass is 369 g/mol. The molecule has 0 aliphatic rings. The fourth-order valence-electron chi connectivity index (χ4n) is 1.84. The third kappa shape index (κ3) is 5.09. The molecule has 2 aromatic rings. The molecule has 23 heavy (non-hydrogen) atoms. The van der Waals surface area contributed by atoms with Gasteiger partial charge in [-0.05, 0) is 55.5 Å². The van der Waals surface area contributed by atoms with Gasteiger partial charge in [-0.15, -0.1) is 0 Å². The maximum Gasteiger partial charge on any atom is 0.261 e. The van der Waals surface area contributed by atoms with Crippen LogP contribution in [0.2, 0.25) is 5.02 Å². The van der Waals surface area contributed by atoms with Gasteiger partial charge in [0.25, 0.3) is 10.0 Å². The predicted molar refractivity (Wildman–Crippen MR) is 98.6 cm³/mol. The number of benzene rings is 2. The van der Waals surface area contributed by atoms with Crippen molar-refractivity contribution in [3.63, 3.8) is 0 Å². The number of hydrogen-bond donors (Lipinski definition) is 3. The lowest BCUT2D eigenvalue weighted by Crippen LogP contribution is -2.28. The lowest BCUT2D eigenvalue weighted by molar-refractivity contribution is 0.601. The van der Waals surface area contributed by atoms with E-state index in [1.807, 2.05) is 6.92 Å². The van der Waals surface area contributed by atoms with Crippen LogP contribution in [-0.4, -0.2) is 20.1 Å². The number of anilines is 2. The van der Waals surface area contributed by atoms with Crippen LogP contribution in [0.3, 0.4) is 0 Å². The van der Waals surface area contributed by atoms with Gasteiger partial charge in [0.1, 0.15) is 0 Å². The number of hydrogen-bond acceptors (Lipinski definition) is 3. The molecule has 122 valence electrons. The Bertz CT molecular complexity index is 810. The van der Waals surface area contributed by atoms with Crippen LogP contribution in [0.1, 0.15) is 6.92 Å². The van der Waals surface area contributed by atoms with Crippen LogP contribution >= 0.6 is 23.8 Å². The molecule has 0 spiro atoms. The molecule has 0 radical (unpaired) electrons. The minimum atomic E-state index is -3.71. The van der Waals surface area contributed by atoms with Crippen molar-refractivity contribution in [3.8, 4) is 0 Å². The van der Waals surface area contributed by atoms with Crippen molar-refractivity contribution in [2.45, 2.75) is 11.8 Å². The Balaban J connectivity index is 2.21. The average molecular weight is 370 g/mol. The molecule has 0 saturated carbocycles. The summed E-state index contributed by atoms with van der Waals surface area (Å²) in [6.07, 6.45) is 0. The van der Waals surface area contributed by atoms with E-state index in [9.17, 15) is 8.42 Å². The van der Waals surface area contributed by atoms with Crippen LogP contribution < -0.4 is 15.4 Å². The maximum atomic E-state index is 12.4. The standard InChI is InChI=1S/C15H16ClN3O2S2/c1-2-17-15(22)18-12-6-4-8-14(10-12)23(20,21)19-13-7-3-5-11(16)9-13/h3-10,19H,2H2,1H3,(H2,17,18,22). The summed E-state index contributed by atoms with van der Waals surface area (Å²) in [7, 11) is -3.71. The summed E-state index contributed by atoms with van der Waals surface area (Å²) in [5, 5.41) is 6.76. The second-order valence-electron chi connectivity index (χ2n) is 4.63. The molecule has 0 atom stereocenters. The van der Waals surface area contributed by atoms with Crippen LogP contribution in [0, 0.1) is 0 Å². The van der Waals surface area contributed by atoms with Crippen molar-refractivity contribution in [1.29, 1.82) is 0 Å². The van der Waals surface area contributed by atoms with Gasteiger partial charge in [-0.1, -0.05) is 23.7 Å². The Morgan fingerprint density at radius 2 is 1.83 bits per heavy atom. The Morgan fingerprint density at radius 3 is 2.52 bits per heavy atom. The molecule has 3 N–H and O–H groups in total. The molecule has 0 unspecified atom stereocenters. The van der Waals surface area contributed by atoms with E-state index in [0.717, 1.165) is 0 Å². The van der Waals surface area contributed by atoms with Crippen molar-refractivity contribution in [1.82, 2.24) is 5.32 Å². The van der Waals surface area contributed by atoms with Gasteiger partial charge in [-0.25, -0.2) is 8.42 Å². The van der Waals surface area contributed by atoms with Gasteiger partial charge in [-0.2, -0.15) is 0 Å². The molecule has 2 aromatic carbocycles. The summed E-state index contributed by atoms with van der Waals surface area (Å²) >= 11 is 11.0. The number of halogens is 1. The molecule has 0 heterocycles. The van der Waals surface area contributed by atoms with E-state index < -0.39 is 10.0 Å². The number of thiocarbonyl (C=S) groups is 1. The summed E-state index contributed by atoms with van der Waals surface area (Å²) in [6.45, 7) is 2.60. The van der Waals surface area contributed by atoms with E-state index in [0.29, 0.717) is 28.1 Å². The van der Waals surface area contributed by atoms with Crippen molar-refractivity contribution in [3.05, 3.63) is 53.6 Å². The summed E-state index contributed by atoms with van der Waals surface area (Å²) in [5.41, 5.74) is 0.990. The topological polar surface area (TPSA) is 70.2 Å². The minimum absolute atomic E-state index is 0.127. The molecule has 0 aliphatic carbocycles. The number of sulfonamides is 1. The fourth-order valence-corrected chi connectivity index (χ4v) is 3.39. The van der Waals surface area contributed by atoms with Crippen LogP contribution in [0.25, 0.3) is 0 Å². The van der Waals surface area contributed by atoms with E-state index in [-0.39, 0.29) is 4.90 Å². The summed E-state index contributed by atoms with van der Waals surface area (Å²) in [4.78, 5) is 0.127. The smallest absolute Gasteiger partial charge is 0.261 e. The van der Waals surface area contributed by atoms with E-state index in [1.165, 1.54) is 12.1 Å². The molecule has 8 heteroatoms. The first-order valence-electron chi connectivity index (χ1n) is 6.84. The Morgan fingerprint density at radius 1 is 1.13 bits per heavy atom. The van der Waals surface area contributed by atoms with E-state index in [4.69, 9.17) is 23.8 Å². The van der Waals surface area contributed by atoms with Crippen molar-refractivity contribution >= 4 is 50.3 Å².